The third kappa shape index (κ3) is 1.90. The van der Waals surface area contributed by atoms with Gasteiger partial charge in [0, 0.05) is 12.5 Å². The molecule has 0 aromatic carbocycles. The second-order valence-electron chi connectivity index (χ2n) is 3.24. The van der Waals surface area contributed by atoms with Gasteiger partial charge >= 0.3 is 7.60 Å². The van der Waals surface area contributed by atoms with Crippen molar-refractivity contribution in [3.63, 3.8) is 0 Å². The highest BCUT2D eigenvalue weighted by Gasteiger charge is 2.39. The zero-order valence-electron chi connectivity index (χ0n) is 7.37. The van der Waals surface area contributed by atoms with Crippen molar-refractivity contribution in [3.8, 4) is 12.3 Å². The summed E-state index contributed by atoms with van der Waals surface area (Å²) in [4.78, 5) is 0. The standard InChI is InChI=1S/C8H13O3P/c1-4-8(2)5-6-11-12(9,7-8)10-3/h1H,5-7H2,2-3H3. The molecule has 3 nitrogen and oxygen atoms in total. The molecule has 0 radical (unpaired) electrons. The monoisotopic (exact) mass is 188 g/mol. The van der Waals surface area contributed by atoms with Crippen LogP contribution < -0.4 is 0 Å². The van der Waals surface area contributed by atoms with E-state index in [1.807, 2.05) is 6.92 Å². The highest BCUT2D eigenvalue weighted by atomic mass is 31.2. The molecule has 2 atom stereocenters. The molecule has 0 saturated carbocycles. The van der Waals surface area contributed by atoms with Crippen molar-refractivity contribution in [2.45, 2.75) is 13.3 Å². The lowest BCUT2D eigenvalue weighted by atomic mass is 9.91. The van der Waals surface area contributed by atoms with Crippen molar-refractivity contribution in [1.29, 1.82) is 0 Å². The molecule has 2 unspecified atom stereocenters. The smallest absolute Gasteiger partial charge is 0.312 e. The van der Waals surface area contributed by atoms with Crippen molar-refractivity contribution >= 4 is 7.60 Å². The maximum atomic E-state index is 11.6. The molecule has 4 heteroatoms. The van der Waals surface area contributed by atoms with Crippen LogP contribution in [-0.2, 0) is 13.6 Å². The Kier molecular flexibility index (Phi) is 2.63. The fourth-order valence-electron chi connectivity index (χ4n) is 1.20. The summed E-state index contributed by atoms with van der Waals surface area (Å²) in [5.41, 5.74) is -0.330. The third-order valence-electron chi connectivity index (χ3n) is 2.11. The molecule has 1 aliphatic heterocycles. The Morgan fingerprint density at radius 1 is 1.75 bits per heavy atom. The minimum atomic E-state index is -2.87. The molecular formula is C8H13O3P. The number of hydrogen-bond acceptors (Lipinski definition) is 3. The molecule has 1 saturated heterocycles. The van der Waals surface area contributed by atoms with Crippen LogP contribution in [0.1, 0.15) is 13.3 Å². The normalized spacial score (nSPS) is 42.1. The first-order chi connectivity index (χ1) is 5.54. The van der Waals surface area contributed by atoms with Gasteiger partial charge in [-0.05, 0) is 13.3 Å². The van der Waals surface area contributed by atoms with Crippen molar-refractivity contribution < 1.29 is 13.6 Å². The van der Waals surface area contributed by atoms with E-state index in [9.17, 15) is 4.57 Å². The Bertz CT molecular complexity index is 256. The van der Waals surface area contributed by atoms with Gasteiger partial charge in [0.2, 0.25) is 0 Å². The predicted molar refractivity (Wildman–Crippen MR) is 47.0 cm³/mol. The molecule has 0 aromatic rings. The minimum Gasteiger partial charge on any atom is -0.312 e. The van der Waals surface area contributed by atoms with Crippen LogP contribution in [0.4, 0.5) is 0 Å². The van der Waals surface area contributed by atoms with E-state index in [1.54, 1.807) is 0 Å². The summed E-state index contributed by atoms with van der Waals surface area (Å²) < 4.78 is 21.5. The van der Waals surface area contributed by atoms with Gasteiger partial charge in [-0.3, -0.25) is 4.57 Å². The van der Waals surface area contributed by atoms with E-state index in [0.29, 0.717) is 12.8 Å². The summed E-state index contributed by atoms with van der Waals surface area (Å²) in [7, 11) is -1.48. The average Bonchev–Trinajstić information content (AvgIpc) is 2.05. The molecule has 0 aliphatic carbocycles. The van der Waals surface area contributed by atoms with E-state index in [1.165, 1.54) is 7.11 Å². The highest BCUT2D eigenvalue weighted by molar-refractivity contribution is 7.53. The van der Waals surface area contributed by atoms with Crippen LogP contribution in [0.25, 0.3) is 0 Å². The first-order valence-corrected chi connectivity index (χ1v) is 5.53. The zero-order chi connectivity index (χ0) is 9.24. The number of rotatable bonds is 1. The van der Waals surface area contributed by atoms with Crippen molar-refractivity contribution in [1.82, 2.24) is 0 Å². The van der Waals surface area contributed by atoms with Gasteiger partial charge in [-0.25, -0.2) is 0 Å². The van der Waals surface area contributed by atoms with E-state index in [0.717, 1.165) is 6.42 Å². The van der Waals surface area contributed by atoms with Crippen molar-refractivity contribution in [2.75, 3.05) is 19.9 Å². The fraction of sp³-hybridized carbons (Fsp3) is 0.750. The van der Waals surface area contributed by atoms with Crippen LogP contribution in [0.2, 0.25) is 0 Å². The highest BCUT2D eigenvalue weighted by Crippen LogP contribution is 2.55. The SMILES string of the molecule is C#CC1(C)CCOP(=O)(OC)C1. The average molecular weight is 188 g/mol. The van der Waals surface area contributed by atoms with E-state index >= 15 is 0 Å². The molecule has 1 fully saturated rings. The Morgan fingerprint density at radius 2 is 2.42 bits per heavy atom. The summed E-state index contributed by atoms with van der Waals surface area (Å²) in [6, 6.07) is 0. The molecule has 0 bridgehead atoms. The van der Waals surface area contributed by atoms with Gasteiger partial charge in [-0.1, -0.05) is 5.92 Å². The van der Waals surface area contributed by atoms with Crippen molar-refractivity contribution in [3.05, 3.63) is 0 Å². The van der Waals surface area contributed by atoms with Gasteiger partial charge in [0.15, 0.2) is 0 Å². The fourth-order valence-corrected chi connectivity index (χ4v) is 3.00. The molecule has 12 heavy (non-hydrogen) atoms. The first kappa shape index (κ1) is 9.80. The van der Waals surface area contributed by atoms with Gasteiger partial charge in [0.25, 0.3) is 0 Å². The second kappa shape index (κ2) is 3.22. The van der Waals surface area contributed by atoms with Crippen molar-refractivity contribution in [2.24, 2.45) is 5.41 Å². The van der Waals surface area contributed by atoms with Crippen LogP contribution in [0, 0.1) is 17.8 Å². The summed E-state index contributed by atoms with van der Waals surface area (Å²) in [6.45, 7) is 2.33. The lowest BCUT2D eigenvalue weighted by Crippen LogP contribution is -2.27. The Balaban J connectivity index is 2.78. The van der Waals surface area contributed by atoms with Gasteiger partial charge in [-0.2, -0.15) is 0 Å². The maximum Gasteiger partial charge on any atom is 0.331 e. The summed E-state index contributed by atoms with van der Waals surface area (Å²) in [5.74, 6) is 2.64. The molecule has 1 heterocycles. The molecule has 0 aromatic heterocycles. The van der Waals surface area contributed by atoms with Crippen LogP contribution in [0.3, 0.4) is 0 Å². The van der Waals surface area contributed by atoms with Crippen LogP contribution in [-0.4, -0.2) is 19.9 Å². The van der Waals surface area contributed by atoms with Gasteiger partial charge in [0.05, 0.1) is 12.8 Å². The van der Waals surface area contributed by atoms with Gasteiger partial charge in [0.1, 0.15) is 0 Å². The van der Waals surface area contributed by atoms with E-state index in [-0.39, 0.29) is 5.41 Å². The largest absolute Gasteiger partial charge is 0.331 e. The predicted octanol–water partition coefficient (Wildman–Crippen LogP) is 1.89. The molecule has 0 amide bonds. The van der Waals surface area contributed by atoms with Crippen LogP contribution in [0.15, 0.2) is 0 Å². The van der Waals surface area contributed by atoms with Crippen LogP contribution >= 0.6 is 7.60 Å². The molecule has 68 valence electrons. The Labute approximate surface area is 73.0 Å². The van der Waals surface area contributed by atoms with E-state index in [2.05, 4.69) is 5.92 Å². The topological polar surface area (TPSA) is 35.5 Å². The first-order valence-electron chi connectivity index (χ1n) is 3.81. The molecular weight excluding hydrogens is 175 g/mol. The molecule has 1 rings (SSSR count). The lowest BCUT2D eigenvalue weighted by Gasteiger charge is -2.32. The van der Waals surface area contributed by atoms with Gasteiger partial charge in [-0.15, -0.1) is 6.42 Å². The summed E-state index contributed by atoms with van der Waals surface area (Å²) >= 11 is 0. The minimum absolute atomic E-state index is 0.326. The Hall–Kier alpha value is -0.290. The van der Waals surface area contributed by atoms with Crippen LogP contribution in [0.5, 0.6) is 0 Å². The quantitative estimate of drug-likeness (QED) is 0.465. The third-order valence-corrected chi connectivity index (χ3v) is 4.33. The summed E-state index contributed by atoms with van der Waals surface area (Å²) in [5, 5.41) is 0. The summed E-state index contributed by atoms with van der Waals surface area (Å²) in [6.07, 6.45) is 6.40. The number of hydrogen-bond donors (Lipinski definition) is 0. The molecule has 0 N–H and O–H groups in total. The maximum absolute atomic E-state index is 11.6. The second-order valence-corrected chi connectivity index (χ2v) is 5.40. The zero-order valence-corrected chi connectivity index (χ0v) is 8.27. The Morgan fingerprint density at radius 3 is 2.92 bits per heavy atom. The van der Waals surface area contributed by atoms with Gasteiger partial charge < -0.3 is 9.05 Å². The molecule has 1 aliphatic rings. The van der Waals surface area contributed by atoms with E-state index in [4.69, 9.17) is 15.5 Å². The molecule has 0 spiro atoms. The number of terminal acetylenes is 1. The van der Waals surface area contributed by atoms with E-state index < -0.39 is 7.60 Å². The lowest BCUT2D eigenvalue weighted by molar-refractivity contribution is 0.175.